The molecule has 2 aromatic heterocycles. The molecule has 0 fully saturated rings. The Balaban J connectivity index is 2.14. The van der Waals surface area contributed by atoms with Crippen LogP contribution in [0.2, 0.25) is 0 Å². The van der Waals surface area contributed by atoms with Crippen LogP contribution in [0, 0.1) is 20.8 Å². The number of rotatable bonds is 3. The standard InChI is InChI=1S/C15H18N6/c1-10-5-6-11(2)14(7-10)21-15(18-13(4)19-21)12(3)20-9-16-8-17-20/h5-9,12H,1-4H3. The zero-order valence-corrected chi connectivity index (χ0v) is 12.6. The van der Waals surface area contributed by atoms with Gasteiger partial charge >= 0.3 is 0 Å². The fourth-order valence-electron chi connectivity index (χ4n) is 2.36. The number of benzene rings is 1. The summed E-state index contributed by atoms with van der Waals surface area (Å²) in [7, 11) is 0. The number of aryl methyl sites for hydroxylation is 3. The summed E-state index contributed by atoms with van der Waals surface area (Å²) in [6, 6.07) is 6.30. The van der Waals surface area contributed by atoms with E-state index in [-0.39, 0.29) is 6.04 Å². The summed E-state index contributed by atoms with van der Waals surface area (Å²) in [5, 5.41) is 8.76. The number of hydrogen-bond acceptors (Lipinski definition) is 4. The van der Waals surface area contributed by atoms with E-state index in [9.17, 15) is 0 Å². The third-order valence-corrected chi connectivity index (χ3v) is 3.54. The maximum absolute atomic E-state index is 4.58. The molecular weight excluding hydrogens is 264 g/mol. The summed E-state index contributed by atoms with van der Waals surface area (Å²) in [4.78, 5) is 8.58. The summed E-state index contributed by atoms with van der Waals surface area (Å²) in [5.41, 5.74) is 3.42. The van der Waals surface area contributed by atoms with Crippen LogP contribution >= 0.6 is 0 Å². The van der Waals surface area contributed by atoms with Crippen LogP contribution in [0.1, 0.15) is 35.7 Å². The van der Waals surface area contributed by atoms with Gasteiger partial charge in [-0.2, -0.15) is 10.2 Å². The largest absolute Gasteiger partial charge is 0.243 e. The molecule has 0 saturated carbocycles. The average molecular weight is 282 g/mol. The topological polar surface area (TPSA) is 61.4 Å². The van der Waals surface area contributed by atoms with Gasteiger partial charge in [-0.3, -0.25) is 0 Å². The Morgan fingerprint density at radius 3 is 2.67 bits per heavy atom. The Bertz CT molecular complexity index is 757. The van der Waals surface area contributed by atoms with Gasteiger partial charge in [-0.15, -0.1) is 0 Å². The first-order chi connectivity index (χ1) is 10.1. The van der Waals surface area contributed by atoms with E-state index in [1.54, 1.807) is 11.0 Å². The minimum atomic E-state index is -0.0337. The predicted molar refractivity (Wildman–Crippen MR) is 79.4 cm³/mol. The van der Waals surface area contributed by atoms with Gasteiger partial charge < -0.3 is 0 Å². The Morgan fingerprint density at radius 1 is 1.14 bits per heavy atom. The summed E-state index contributed by atoms with van der Waals surface area (Å²) >= 11 is 0. The first-order valence-corrected chi connectivity index (χ1v) is 6.91. The summed E-state index contributed by atoms with van der Waals surface area (Å²) in [6.07, 6.45) is 3.23. The molecule has 0 aliphatic carbocycles. The van der Waals surface area contributed by atoms with Crippen molar-refractivity contribution in [2.75, 3.05) is 0 Å². The van der Waals surface area contributed by atoms with Crippen molar-refractivity contribution < 1.29 is 0 Å². The van der Waals surface area contributed by atoms with Gasteiger partial charge in [-0.05, 0) is 44.9 Å². The molecule has 0 N–H and O–H groups in total. The summed E-state index contributed by atoms with van der Waals surface area (Å²) < 4.78 is 3.69. The highest BCUT2D eigenvalue weighted by atomic mass is 15.4. The zero-order valence-electron chi connectivity index (χ0n) is 12.6. The van der Waals surface area contributed by atoms with E-state index in [2.05, 4.69) is 52.2 Å². The number of nitrogens with zero attached hydrogens (tertiary/aromatic N) is 6. The van der Waals surface area contributed by atoms with Gasteiger partial charge in [0.1, 0.15) is 24.5 Å². The van der Waals surface area contributed by atoms with Gasteiger partial charge in [0.15, 0.2) is 5.82 Å². The average Bonchev–Trinajstić information content (AvgIpc) is 3.10. The molecule has 0 aliphatic heterocycles. The summed E-state index contributed by atoms with van der Waals surface area (Å²) in [5.74, 6) is 1.60. The lowest BCUT2D eigenvalue weighted by Gasteiger charge is -2.14. The van der Waals surface area contributed by atoms with Crippen molar-refractivity contribution in [3.63, 3.8) is 0 Å². The van der Waals surface area contributed by atoms with Crippen molar-refractivity contribution in [3.05, 3.63) is 53.6 Å². The van der Waals surface area contributed by atoms with Gasteiger partial charge in [-0.1, -0.05) is 12.1 Å². The molecule has 0 saturated heterocycles. The van der Waals surface area contributed by atoms with Crippen LogP contribution in [0.3, 0.4) is 0 Å². The van der Waals surface area contributed by atoms with Crippen LogP contribution in [0.15, 0.2) is 30.9 Å². The van der Waals surface area contributed by atoms with E-state index in [1.165, 1.54) is 11.9 Å². The molecule has 1 aromatic carbocycles. The predicted octanol–water partition coefficient (Wildman–Crippen LogP) is 2.39. The van der Waals surface area contributed by atoms with Crippen LogP contribution in [0.5, 0.6) is 0 Å². The molecule has 0 radical (unpaired) electrons. The smallest absolute Gasteiger partial charge is 0.157 e. The summed E-state index contributed by atoms with van der Waals surface area (Å²) in [6.45, 7) is 8.10. The lowest BCUT2D eigenvalue weighted by molar-refractivity contribution is 0.521. The van der Waals surface area contributed by atoms with E-state index >= 15 is 0 Å². The monoisotopic (exact) mass is 282 g/mol. The molecule has 108 valence electrons. The zero-order chi connectivity index (χ0) is 15.0. The molecule has 6 nitrogen and oxygen atoms in total. The SMILES string of the molecule is Cc1ccc(C)c(-n2nc(C)nc2C(C)n2cncn2)c1. The van der Waals surface area contributed by atoms with Crippen LogP contribution in [-0.2, 0) is 0 Å². The maximum Gasteiger partial charge on any atom is 0.157 e. The quantitative estimate of drug-likeness (QED) is 0.740. The fourth-order valence-corrected chi connectivity index (χ4v) is 2.36. The normalized spacial score (nSPS) is 12.6. The van der Waals surface area contributed by atoms with E-state index in [0.29, 0.717) is 0 Å². The van der Waals surface area contributed by atoms with E-state index in [1.807, 2.05) is 18.5 Å². The molecule has 21 heavy (non-hydrogen) atoms. The minimum Gasteiger partial charge on any atom is -0.243 e. The van der Waals surface area contributed by atoms with Crippen LogP contribution in [-0.4, -0.2) is 29.5 Å². The van der Waals surface area contributed by atoms with E-state index in [0.717, 1.165) is 22.9 Å². The van der Waals surface area contributed by atoms with Crippen molar-refractivity contribution >= 4 is 0 Å². The molecule has 0 aliphatic rings. The van der Waals surface area contributed by atoms with Crippen molar-refractivity contribution in [2.24, 2.45) is 0 Å². The lowest BCUT2D eigenvalue weighted by Crippen LogP contribution is -2.14. The highest BCUT2D eigenvalue weighted by Crippen LogP contribution is 2.22. The van der Waals surface area contributed by atoms with Crippen molar-refractivity contribution in [2.45, 2.75) is 33.7 Å². The highest BCUT2D eigenvalue weighted by Gasteiger charge is 2.19. The van der Waals surface area contributed by atoms with Gasteiger partial charge in [0.2, 0.25) is 0 Å². The van der Waals surface area contributed by atoms with E-state index in [4.69, 9.17) is 0 Å². The first-order valence-electron chi connectivity index (χ1n) is 6.91. The van der Waals surface area contributed by atoms with Crippen LogP contribution in [0.4, 0.5) is 0 Å². The van der Waals surface area contributed by atoms with Crippen LogP contribution in [0.25, 0.3) is 5.69 Å². The Hall–Kier alpha value is -2.50. The Labute approximate surface area is 123 Å². The second-order valence-corrected chi connectivity index (χ2v) is 5.27. The Morgan fingerprint density at radius 2 is 1.95 bits per heavy atom. The van der Waals surface area contributed by atoms with Gasteiger partial charge in [0.05, 0.1) is 5.69 Å². The minimum absolute atomic E-state index is 0.0337. The van der Waals surface area contributed by atoms with Gasteiger partial charge in [-0.25, -0.2) is 19.3 Å². The molecule has 0 bridgehead atoms. The van der Waals surface area contributed by atoms with Crippen molar-refractivity contribution in [1.29, 1.82) is 0 Å². The highest BCUT2D eigenvalue weighted by molar-refractivity contribution is 5.43. The molecule has 0 spiro atoms. The van der Waals surface area contributed by atoms with Crippen molar-refractivity contribution in [1.82, 2.24) is 29.5 Å². The molecule has 2 heterocycles. The Kier molecular flexibility index (Phi) is 3.29. The van der Waals surface area contributed by atoms with Crippen molar-refractivity contribution in [3.8, 4) is 5.69 Å². The molecule has 0 amide bonds. The first kappa shape index (κ1) is 13.5. The second-order valence-electron chi connectivity index (χ2n) is 5.27. The molecule has 6 heteroatoms. The third-order valence-electron chi connectivity index (χ3n) is 3.54. The number of hydrogen-bond donors (Lipinski definition) is 0. The molecule has 3 rings (SSSR count). The van der Waals surface area contributed by atoms with Crippen LogP contribution < -0.4 is 0 Å². The fraction of sp³-hybridized carbons (Fsp3) is 0.333. The second kappa shape index (κ2) is 5.12. The molecule has 3 aromatic rings. The van der Waals surface area contributed by atoms with Gasteiger partial charge in [0.25, 0.3) is 0 Å². The molecular formula is C15H18N6. The van der Waals surface area contributed by atoms with E-state index < -0.39 is 0 Å². The lowest BCUT2D eigenvalue weighted by atomic mass is 10.1. The van der Waals surface area contributed by atoms with Gasteiger partial charge in [0, 0.05) is 0 Å². The molecule has 1 unspecified atom stereocenters. The number of aromatic nitrogens is 6. The molecule has 1 atom stereocenters. The maximum atomic E-state index is 4.58. The third kappa shape index (κ3) is 2.44.